The van der Waals surface area contributed by atoms with Gasteiger partial charge >= 0.3 is 6.09 Å². The van der Waals surface area contributed by atoms with Crippen molar-refractivity contribution in [2.75, 3.05) is 11.4 Å². The van der Waals surface area contributed by atoms with E-state index in [1.807, 2.05) is 56.3 Å². The summed E-state index contributed by atoms with van der Waals surface area (Å²) < 4.78 is 5.29. The van der Waals surface area contributed by atoms with Crippen molar-refractivity contribution in [1.29, 1.82) is 0 Å². The molecule has 37 heavy (non-hydrogen) atoms. The number of amides is 3. The summed E-state index contributed by atoms with van der Waals surface area (Å²) in [5.74, 6) is 0.463. The Kier molecular flexibility index (Phi) is 7.47. The van der Waals surface area contributed by atoms with Gasteiger partial charge in [0.1, 0.15) is 11.4 Å². The number of aryl methyl sites for hydroxylation is 1. The van der Waals surface area contributed by atoms with E-state index in [0.29, 0.717) is 24.3 Å². The molecule has 1 atom stereocenters. The molecular formula is C29H34N4O4. The number of carbonyl (C=O) groups is 3. The molecule has 0 aliphatic carbocycles. The van der Waals surface area contributed by atoms with E-state index in [2.05, 4.69) is 10.6 Å². The molecule has 3 amide bonds. The number of benzene rings is 2. The lowest BCUT2D eigenvalue weighted by molar-refractivity contribution is -0.117. The Balaban J connectivity index is 1.54. The molecule has 0 spiro atoms. The first-order chi connectivity index (χ1) is 17.5. The van der Waals surface area contributed by atoms with Crippen LogP contribution in [-0.2, 0) is 16.1 Å². The van der Waals surface area contributed by atoms with Crippen LogP contribution in [0, 0.1) is 6.92 Å². The molecule has 1 fully saturated rings. The summed E-state index contributed by atoms with van der Waals surface area (Å²) in [6.07, 6.45) is 0.826. The monoisotopic (exact) mass is 502 g/mol. The molecule has 0 radical (unpaired) electrons. The van der Waals surface area contributed by atoms with Crippen LogP contribution in [0.1, 0.15) is 73.6 Å². The summed E-state index contributed by atoms with van der Waals surface area (Å²) in [4.78, 5) is 44.2. The quantitative estimate of drug-likeness (QED) is 0.483. The number of pyridine rings is 1. The number of anilines is 1. The summed E-state index contributed by atoms with van der Waals surface area (Å²) in [6, 6.07) is 14.9. The maximum atomic E-state index is 13.4. The van der Waals surface area contributed by atoms with Gasteiger partial charge in [0.15, 0.2) is 0 Å². The minimum atomic E-state index is -0.586. The van der Waals surface area contributed by atoms with E-state index in [1.165, 1.54) is 0 Å². The number of alkyl carbamates (subject to hydrolysis) is 1. The van der Waals surface area contributed by atoms with E-state index in [1.54, 1.807) is 31.7 Å². The number of hydrogen-bond donors (Lipinski definition) is 2. The fourth-order valence-electron chi connectivity index (χ4n) is 4.44. The lowest BCUT2D eigenvalue weighted by Gasteiger charge is -2.21. The van der Waals surface area contributed by atoms with Crippen LogP contribution < -0.4 is 15.5 Å². The number of hydrogen-bond acceptors (Lipinski definition) is 5. The molecule has 3 aromatic rings. The number of carbonyl (C=O) groups excluding carboxylic acids is 3. The van der Waals surface area contributed by atoms with Gasteiger partial charge in [0.25, 0.3) is 5.91 Å². The molecule has 2 heterocycles. The van der Waals surface area contributed by atoms with Gasteiger partial charge in [-0.2, -0.15) is 0 Å². The van der Waals surface area contributed by atoms with E-state index >= 15 is 0 Å². The molecule has 1 aliphatic heterocycles. The van der Waals surface area contributed by atoms with Crippen LogP contribution in [0.3, 0.4) is 0 Å². The first kappa shape index (κ1) is 26.1. The second-order valence-electron chi connectivity index (χ2n) is 10.4. The zero-order chi connectivity index (χ0) is 26.7. The van der Waals surface area contributed by atoms with Gasteiger partial charge in [-0.1, -0.05) is 30.3 Å². The molecule has 2 aromatic carbocycles. The van der Waals surface area contributed by atoms with Gasteiger partial charge in [0.2, 0.25) is 5.91 Å². The molecule has 4 rings (SSSR count). The average Bonchev–Trinajstić information content (AvgIpc) is 3.27. The van der Waals surface area contributed by atoms with Crippen LogP contribution in [0.4, 0.5) is 10.6 Å². The van der Waals surface area contributed by atoms with Crippen molar-refractivity contribution < 1.29 is 19.1 Å². The van der Waals surface area contributed by atoms with E-state index in [0.717, 1.165) is 34.0 Å². The smallest absolute Gasteiger partial charge is 0.407 e. The van der Waals surface area contributed by atoms with E-state index in [-0.39, 0.29) is 24.4 Å². The number of nitrogens with one attached hydrogen (secondary N) is 2. The summed E-state index contributed by atoms with van der Waals surface area (Å²) in [5, 5.41) is 6.78. The molecule has 194 valence electrons. The fraction of sp³-hybridized carbons (Fsp3) is 0.379. The third-order valence-electron chi connectivity index (χ3n) is 6.28. The highest BCUT2D eigenvalue weighted by Crippen LogP contribution is 2.30. The normalized spacial score (nSPS) is 14.5. The molecule has 1 aromatic heterocycles. The topological polar surface area (TPSA) is 101 Å². The Labute approximate surface area is 217 Å². The number of nitrogens with zero attached hydrogens (tertiary/aromatic N) is 2. The maximum Gasteiger partial charge on any atom is 0.407 e. The molecule has 1 aliphatic rings. The molecule has 8 heteroatoms. The van der Waals surface area contributed by atoms with Crippen molar-refractivity contribution >= 4 is 34.6 Å². The van der Waals surface area contributed by atoms with E-state index < -0.39 is 11.7 Å². The Morgan fingerprint density at radius 3 is 2.59 bits per heavy atom. The van der Waals surface area contributed by atoms with Crippen LogP contribution in [0.15, 0.2) is 48.5 Å². The zero-order valence-corrected chi connectivity index (χ0v) is 22.1. The highest BCUT2D eigenvalue weighted by Gasteiger charge is 2.25. The fourth-order valence-corrected chi connectivity index (χ4v) is 4.44. The molecule has 1 unspecified atom stereocenters. The Morgan fingerprint density at radius 1 is 1.14 bits per heavy atom. The highest BCUT2D eigenvalue weighted by molar-refractivity contribution is 5.98. The highest BCUT2D eigenvalue weighted by atomic mass is 16.6. The predicted octanol–water partition coefficient (Wildman–Crippen LogP) is 5.19. The van der Waals surface area contributed by atoms with Gasteiger partial charge in [-0.05, 0) is 75.9 Å². The van der Waals surface area contributed by atoms with Gasteiger partial charge in [0, 0.05) is 30.5 Å². The Morgan fingerprint density at radius 2 is 1.89 bits per heavy atom. The average molecular weight is 503 g/mol. The van der Waals surface area contributed by atoms with Gasteiger partial charge in [-0.3, -0.25) is 14.5 Å². The van der Waals surface area contributed by atoms with Crippen molar-refractivity contribution in [1.82, 2.24) is 15.6 Å². The van der Waals surface area contributed by atoms with Crippen molar-refractivity contribution in [3.8, 4) is 0 Å². The van der Waals surface area contributed by atoms with Gasteiger partial charge in [0.05, 0.1) is 11.6 Å². The van der Waals surface area contributed by atoms with Crippen LogP contribution in [0.5, 0.6) is 0 Å². The minimum absolute atomic E-state index is 0.0675. The number of rotatable bonds is 6. The third kappa shape index (κ3) is 6.25. The van der Waals surface area contributed by atoms with Crippen LogP contribution in [-0.4, -0.2) is 35.0 Å². The van der Waals surface area contributed by atoms with Crippen LogP contribution in [0.2, 0.25) is 0 Å². The van der Waals surface area contributed by atoms with Gasteiger partial charge in [-0.25, -0.2) is 9.78 Å². The van der Waals surface area contributed by atoms with Crippen molar-refractivity contribution in [2.45, 2.75) is 65.6 Å². The van der Waals surface area contributed by atoms with Gasteiger partial charge < -0.3 is 15.4 Å². The molecule has 0 bridgehead atoms. The summed E-state index contributed by atoms with van der Waals surface area (Å²) >= 11 is 0. The van der Waals surface area contributed by atoms with Crippen molar-refractivity contribution in [3.05, 3.63) is 70.8 Å². The van der Waals surface area contributed by atoms with E-state index in [4.69, 9.17) is 9.72 Å². The van der Waals surface area contributed by atoms with Crippen LogP contribution >= 0.6 is 0 Å². The summed E-state index contributed by atoms with van der Waals surface area (Å²) in [5.41, 5.74) is 3.24. The molecule has 1 saturated heterocycles. The molecule has 2 N–H and O–H groups in total. The summed E-state index contributed by atoms with van der Waals surface area (Å²) in [6.45, 7) is 10.1. The number of aromatic nitrogens is 1. The SMILES string of the molecule is Cc1ccc(CNC(=O)OC(C)(C)C)cc1C(=O)NC(C)c1cc(N2CCCC2=O)nc2ccccc12. The first-order valence-corrected chi connectivity index (χ1v) is 12.6. The minimum Gasteiger partial charge on any atom is -0.444 e. The third-order valence-corrected chi connectivity index (χ3v) is 6.28. The van der Waals surface area contributed by atoms with Crippen molar-refractivity contribution in [3.63, 3.8) is 0 Å². The number of ether oxygens (including phenoxy) is 1. The molecular weight excluding hydrogens is 468 g/mol. The molecule has 0 saturated carbocycles. The van der Waals surface area contributed by atoms with Crippen LogP contribution in [0.25, 0.3) is 10.9 Å². The van der Waals surface area contributed by atoms with E-state index in [9.17, 15) is 14.4 Å². The Bertz CT molecular complexity index is 1350. The predicted molar refractivity (Wildman–Crippen MR) is 143 cm³/mol. The zero-order valence-electron chi connectivity index (χ0n) is 22.1. The largest absolute Gasteiger partial charge is 0.444 e. The van der Waals surface area contributed by atoms with Gasteiger partial charge in [-0.15, -0.1) is 0 Å². The second-order valence-corrected chi connectivity index (χ2v) is 10.4. The first-order valence-electron chi connectivity index (χ1n) is 12.6. The lowest BCUT2D eigenvalue weighted by Crippen LogP contribution is -2.32. The molecule has 8 nitrogen and oxygen atoms in total. The standard InChI is InChI=1S/C29H34N4O4/c1-18-12-13-20(17-30-28(36)37-29(3,4)5)15-22(18)27(35)31-19(2)23-16-25(33-14-8-11-26(33)34)32-24-10-7-6-9-21(23)24/h6-7,9-10,12-13,15-16,19H,8,11,14,17H2,1-5H3,(H,30,36)(H,31,35). The number of fused-ring (bicyclic) bond motifs is 1. The summed E-state index contributed by atoms with van der Waals surface area (Å²) in [7, 11) is 0. The lowest BCUT2D eigenvalue weighted by atomic mass is 10.0. The maximum absolute atomic E-state index is 13.4. The second kappa shape index (κ2) is 10.6. The van der Waals surface area contributed by atoms with Crippen molar-refractivity contribution in [2.24, 2.45) is 0 Å². The Hall–Kier alpha value is -3.94. The number of para-hydroxylation sites is 1.